The molecule has 8 N–H and O–H groups in total. The van der Waals surface area contributed by atoms with Crippen molar-refractivity contribution >= 4 is 34.4 Å². The maximum Gasteiger partial charge on any atom is 0.508 e. The van der Waals surface area contributed by atoms with E-state index in [1.54, 1.807) is 0 Å². The van der Waals surface area contributed by atoms with Crippen molar-refractivity contribution in [3.05, 3.63) is 0 Å². The number of carbonyl (C=O) groups excluding carboxylic acids is 1. The Kier molecular flexibility index (Phi) is 6.91. The summed E-state index contributed by atoms with van der Waals surface area (Å²) in [6.07, 6.45) is -0.546. The van der Waals surface area contributed by atoms with Crippen LogP contribution in [0.3, 0.4) is 0 Å². The lowest BCUT2D eigenvalue weighted by Crippen LogP contribution is -2.05. The Labute approximate surface area is 112 Å². The summed E-state index contributed by atoms with van der Waals surface area (Å²) in [7, 11) is -4.67. The normalized spacial score (nSPS) is 13.0. The number of ether oxygens (including phenoxy) is 2. The van der Waals surface area contributed by atoms with Crippen LogP contribution in [0.4, 0.5) is 22.6 Å². The Hall–Kier alpha value is -2.45. The minimum absolute atomic E-state index is 0.0417. The van der Waals surface area contributed by atoms with Gasteiger partial charge in [-0.25, -0.2) is 4.79 Å². The molecule has 0 aromatic carbocycles. The number of aromatic nitrogens is 3. The highest BCUT2D eigenvalue weighted by molar-refractivity contribution is 7.79. The quantitative estimate of drug-likeness (QED) is 0.261. The molecular weight excluding hydrogens is 300 g/mol. The summed E-state index contributed by atoms with van der Waals surface area (Å²) in [5.41, 5.74) is 15.4. The smallest absolute Gasteiger partial charge is 0.431 e. The van der Waals surface area contributed by atoms with Crippen LogP contribution in [0.15, 0.2) is 0 Å². The monoisotopic (exact) mass is 312 g/mol. The van der Waals surface area contributed by atoms with Crippen molar-refractivity contribution in [1.29, 1.82) is 0 Å². The van der Waals surface area contributed by atoms with Crippen LogP contribution in [0, 0.1) is 0 Å². The zero-order chi connectivity index (χ0) is 15.8. The number of nitrogens with two attached hydrogens (primary N) is 3. The summed E-state index contributed by atoms with van der Waals surface area (Å²) < 4.78 is 40.2. The van der Waals surface area contributed by atoms with Gasteiger partial charge in [0.05, 0.1) is 0 Å². The van der Waals surface area contributed by atoms with Crippen molar-refractivity contribution in [2.24, 2.45) is 0 Å². The second kappa shape index (κ2) is 7.87. The molecule has 2 rings (SSSR count). The van der Waals surface area contributed by atoms with Crippen LogP contribution in [0.2, 0.25) is 0 Å². The van der Waals surface area contributed by atoms with Crippen molar-refractivity contribution in [2.45, 2.75) is 0 Å². The molecule has 0 amide bonds. The Morgan fingerprint density at radius 3 is 1.30 bits per heavy atom. The fourth-order valence-corrected chi connectivity index (χ4v) is 0.719. The van der Waals surface area contributed by atoms with Crippen LogP contribution in [-0.2, 0) is 19.9 Å². The summed E-state index contributed by atoms with van der Waals surface area (Å²) in [5, 5.41) is 0. The molecule has 1 fully saturated rings. The molecule has 1 aliphatic heterocycles. The third-order valence-corrected chi connectivity index (χ3v) is 1.21. The van der Waals surface area contributed by atoms with Crippen LogP contribution in [-0.4, -0.2) is 51.8 Å². The average Bonchev–Trinajstić information content (AvgIpc) is 2.64. The third kappa shape index (κ3) is 12.0. The maximum absolute atomic E-state index is 9.80. The van der Waals surface area contributed by atoms with Gasteiger partial charge in [-0.15, -0.1) is 0 Å². The molecule has 2 heterocycles. The standard InChI is InChI=1S/C3H6N6.C3H4O3.H2O4S/c4-1-7-2(5)9-3(6)8-1;4-3-5-1-2-6-3;1-5(2,3)4/h(H6,4,5,6,7,8,9);1-2H2;(H2,1,2,3,4). The highest BCUT2D eigenvalue weighted by Gasteiger charge is 2.09. The first-order chi connectivity index (χ1) is 9.08. The molecule has 114 valence electrons. The van der Waals surface area contributed by atoms with Gasteiger partial charge < -0.3 is 26.7 Å². The molecule has 0 saturated carbocycles. The van der Waals surface area contributed by atoms with E-state index in [0.29, 0.717) is 13.2 Å². The summed E-state index contributed by atoms with van der Waals surface area (Å²) >= 11 is 0. The zero-order valence-electron chi connectivity index (χ0n) is 9.83. The summed E-state index contributed by atoms with van der Waals surface area (Å²) in [4.78, 5) is 20.3. The van der Waals surface area contributed by atoms with Crippen LogP contribution in [0.25, 0.3) is 0 Å². The number of rotatable bonds is 0. The van der Waals surface area contributed by atoms with E-state index in [-0.39, 0.29) is 17.8 Å². The third-order valence-electron chi connectivity index (χ3n) is 1.21. The van der Waals surface area contributed by atoms with Crippen LogP contribution in [0.1, 0.15) is 0 Å². The second-order valence-electron chi connectivity index (χ2n) is 2.80. The highest BCUT2D eigenvalue weighted by atomic mass is 32.3. The van der Waals surface area contributed by atoms with Gasteiger partial charge in [0.2, 0.25) is 17.8 Å². The molecule has 1 saturated heterocycles. The summed E-state index contributed by atoms with van der Waals surface area (Å²) in [5.74, 6) is 0.125. The van der Waals surface area contributed by atoms with Gasteiger partial charge in [-0.2, -0.15) is 23.4 Å². The molecule has 0 radical (unpaired) electrons. The van der Waals surface area contributed by atoms with E-state index < -0.39 is 16.6 Å². The predicted molar refractivity (Wildman–Crippen MR) is 64.5 cm³/mol. The fourth-order valence-electron chi connectivity index (χ4n) is 0.719. The Morgan fingerprint density at radius 2 is 1.15 bits per heavy atom. The molecule has 0 aliphatic carbocycles. The summed E-state index contributed by atoms with van der Waals surface area (Å²) in [6.45, 7) is 0.831. The van der Waals surface area contributed by atoms with Gasteiger partial charge in [-0.05, 0) is 0 Å². The van der Waals surface area contributed by atoms with E-state index in [2.05, 4.69) is 24.4 Å². The lowest BCUT2D eigenvalue weighted by molar-refractivity contribution is 0.131. The minimum Gasteiger partial charge on any atom is -0.431 e. The van der Waals surface area contributed by atoms with E-state index in [1.165, 1.54) is 0 Å². The predicted octanol–water partition coefficient (Wildman–Crippen LogP) is -1.88. The van der Waals surface area contributed by atoms with E-state index in [9.17, 15) is 4.79 Å². The number of nitrogen functional groups attached to an aromatic ring is 3. The van der Waals surface area contributed by atoms with Crippen molar-refractivity contribution in [3.63, 3.8) is 0 Å². The molecule has 0 bridgehead atoms. The second-order valence-corrected chi connectivity index (χ2v) is 3.70. The van der Waals surface area contributed by atoms with E-state index >= 15 is 0 Å². The van der Waals surface area contributed by atoms with Crippen molar-refractivity contribution in [2.75, 3.05) is 30.4 Å². The average molecular weight is 312 g/mol. The lowest BCUT2D eigenvalue weighted by atomic mass is 10.8. The molecular formula is C6H12N6O7S. The Bertz CT molecular complexity index is 482. The molecule has 1 aliphatic rings. The molecule has 1 aromatic heterocycles. The van der Waals surface area contributed by atoms with E-state index in [4.69, 9.17) is 34.7 Å². The Morgan fingerprint density at radius 1 is 0.900 bits per heavy atom. The zero-order valence-corrected chi connectivity index (χ0v) is 10.6. The van der Waals surface area contributed by atoms with Gasteiger partial charge in [0.25, 0.3) is 0 Å². The van der Waals surface area contributed by atoms with E-state index in [1.807, 2.05) is 0 Å². The van der Waals surface area contributed by atoms with Gasteiger partial charge in [-0.1, -0.05) is 0 Å². The van der Waals surface area contributed by atoms with Crippen LogP contribution in [0.5, 0.6) is 0 Å². The number of cyclic esters (lactones) is 2. The molecule has 20 heavy (non-hydrogen) atoms. The van der Waals surface area contributed by atoms with Gasteiger partial charge >= 0.3 is 16.6 Å². The number of anilines is 3. The maximum atomic E-state index is 9.80. The lowest BCUT2D eigenvalue weighted by Gasteiger charge is -1.93. The SMILES string of the molecule is Nc1nc(N)nc(N)n1.O=C1OCCO1.O=S(=O)(O)O. The van der Waals surface area contributed by atoms with Gasteiger partial charge in [0, 0.05) is 0 Å². The molecule has 13 nitrogen and oxygen atoms in total. The number of carbonyl (C=O) groups is 1. The molecule has 0 spiro atoms. The Balaban J connectivity index is 0.000000288. The first-order valence-electron chi connectivity index (χ1n) is 4.60. The minimum atomic E-state index is -4.67. The highest BCUT2D eigenvalue weighted by Crippen LogP contribution is 1.97. The summed E-state index contributed by atoms with van der Waals surface area (Å²) in [6, 6.07) is 0. The number of nitrogens with zero attached hydrogens (tertiary/aromatic N) is 3. The first-order valence-corrected chi connectivity index (χ1v) is 5.99. The number of hydrogen-bond acceptors (Lipinski definition) is 11. The van der Waals surface area contributed by atoms with E-state index in [0.717, 1.165) is 0 Å². The molecule has 14 heteroatoms. The van der Waals surface area contributed by atoms with Gasteiger partial charge in [0.1, 0.15) is 13.2 Å². The fraction of sp³-hybridized carbons (Fsp3) is 0.333. The molecule has 0 unspecified atom stereocenters. The topological polar surface area (TPSA) is 227 Å². The first kappa shape index (κ1) is 17.6. The van der Waals surface area contributed by atoms with Crippen LogP contribution < -0.4 is 17.2 Å². The number of hydrogen-bond donors (Lipinski definition) is 5. The van der Waals surface area contributed by atoms with Crippen molar-refractivity contribution in [3.8, 4) is 0 Å². The van der Waals surface area contributed by atoms with Crippen molar-refractivity contribution < 1.29 is 31.8 Å². The molecule has 0 atom stereocenters. The van der Waals surface area contributed by atoms with Gasteiger partial charge in [0.15, 0.2) is 0 Å². The molecule has 1 aromatic rings. The van der Waals surface area contributed by atoms with Crippen molar-refractivity contribution in [1.82, 2.24) is 15.0 Å². The largest absolute Gasteiger partial charge is 0.508 e. The van der Waals surface area contributed by atoms with Gasteiger partial charge in [-0.3, -0.25) is 9.11 Å². The van der Waals surface area contributed by atoms with Crippen LogP contribution >= 0.6 is 0 Å².